The van der Waals surface area contributed by atoms with Crippen LogP contribution < -0.4 is 16.0 Å². The van der Waals surface area contributed by atoms with Crippen LogP contribution in [-0.4, -0.2) is 30.8 Å². The molecule has 3 rings (SSSR count). The van der Waals surface area contributed by atoms with Crippen molar-refractivity contribution in [1.82, 2.24) is 10.6 Å². The Morgan fingerprint density at radius 2 is 1.85 bits per heavy atom. The fraction of sp³-hybridized carbons (Fsp3) is 0.250. The molecule has 3 N–H and O–H groups in total. The quantitative estimate of drug-likeness (QED) is 0.682. The Morgan fingerprint density at radius 3 is 2.63 bits per heavy atom. The van der Waals surface area contributed by atoms with Crippen molar-refractivity contribution in [3.05, 3.63) is 65.0 Å². The highest BCUT2D eigenvalue weighted by Gasteiger charge is 2.31. The standard InChI is InChI=1S/C20H20FN3O3/c1-12-6-7-13(10-16(12)21)19(26)23-9-8-22-18(25)11-15-14-4-2-3-5-17(14)24-20(15)27/h2-7,10,15H,8-9,11H2,1H3,(H,22,25)(H,23,26)(H,24,27)/t15-/m0/s1. The van der Waals surface area contributed by atoms with Gasteiger partial charge in [-0.3, -0.25) is 14.4 Å². The summed E-state index contributed by atoms with van der Waals surface area (Å²) in [7, 11) is 0. The number of halogens is 1. The Bertz CT molecular complexity index is 898. The lowest BCUT2D eigenvalue weighted by Crippen LogP contribution is -2.35. The van der Waals surface area contributed by atoms with Gasteiger partial charge >= 0.3 is 0 Å². The maximum absolute atomic E-state index is 13.5. The zero-order chi connectivity index (χ0) is 19.4. The molecule has 2 aromatic carbocycles. The minimum atomic E-state index is -0.508. The van der Waals surface area contributed by atoms with Crippen LogP contribution in [0.25, 0.3) is 0 Å². The van der Waals surface area contributed by atoms with Crippen LogP contribution in [0.4, 0.5) is 10.1 Å². The van der Waals surface area contributed by atoms with E-state index in [4.69, 9.17) is 0 Å². The smallest absolute Gasteiger partial charge is 0.251 e. The van der Waals surface area contributed by atoms with Crippen molar-refractivity contribution in [3.8, 4) is 0 Å². The number of amides is 3. The number of carbonyl (C=O) groups is 3. The molecule has 27 heavy (non-hydrogen) atoms. The highest BCUT2D eigenvalue weighted by Crippen LogP contribution is 2.34. The SMILES string of the molecule is Cc1ccc(C(=O)NCCNC(=O)C[C@@H]2C(=O)Nc3ccccc32)cc1F. The molecule has 0 saturated heterocycles. The summed E-state index contributed by atoms with van der Waals surface area (Å²) in [5.74, 6) is -1.83. The molecule has 0 spiro atoms. The van der Waals surface area contributed by atoms with Crippen molar-refractivity contribution in [2.24, 2.45) is 0 Å². The lowest BCUT2D eigenvalue weighted by molar-refractivity contribution is -0.125. The summed E-state index contributed by atoms with van der Waals surface area (Å²) in [4.78, 5) is 36.1. The van der Waals surface area contributed by atoms with Gasteiger partial charge in [-0.25, -0.2) is 4.39 Å². The van der Waals surface area contributed by atoms with E-state index in [2.05, 4.69) is 16.0 Å². The lowest BCUT2D eigenvalue weighted by atomic mass is 9.97. The van der Waals surface area contributed by atoms with E-state index >= 15 is 0 Å². The van der Waals surface area contributed by atoms with Gasteiger partial charge in [0, 0.05) is 30.8 Å². The van der Waals surface area contributed by atoms with Crippen LogP contribution in [0.5, 0.6) is 0 Å². The van der Waals surface area contributed by atoms with E-state index in [0.29, 0.717) is 5.56 Å². The van der Waals surface area contributed by atoms with E-state index in [9.17, 15) is 18.8 Å². The molecule has 1 atom stereocenters. The summed E-state index contributed by atoms with van der Waals surface area (Å²) < 4.78 is 13.5. The third-order valence-electron chi connectivity index (χ3n) is 4.47. The predicted molar refractivity (Wildman–Crippen MR) is 98.9 cm³/mol. The van der Waals surface area contributed by atoms with Gasteiger partial charge < -0.3 is 16.0 Å². The summed E-state index contributed by atoms with van der Waals surface area (Å²) >= 11 is 0. The number of aryl methyl sites for hydroxylation is 1. The van der Waals surface area contributed by atoms with Gasteiger partial charge in [0.25, 0.3) is 5.91 Å². The van der Waals surface area contributed by atoms with E-state index in [0.717, 1.165) is 11.3 Å². The molecule has 0 fully saturated rings. The molecule has 0 saturated carbocycles. The largest absolute Gasteiger partial charge is 0.354 e. The Morgan fingerprint density at radius 1 is 1.11 bits per heavy atom. The summed E-state index contributed by atoms with van der Waals surface area (Å²) in [6.07, 6.45) is 0.0416. The predicted octanol–water partition coefficient (Wildman–Crippen LogP) is 2.11. The maximum atomic E-state index is 13.5. The zero-order valence-corrected chi connectivity index (χ0v) is 14.8. The van der Waals surface area contributed by atoms with E-state index < -0.39 is 17.6 Å². The zero-order valence-electron chi connectivity index (χ0n) is 14.8. The molecule has 6 nitrogen and oxygen atoms in total. The maximum Gasteiger partial charge on any atom is 0.251 e. The number of nitrogens with one attached hydrogen (secondary N) is 3. The first-order valence-electron chi connectivity index (χ1n) is 8.66. The Hall–Kier alpha value is -3.22. The third kappa shape index (κ3) is 4.31. The van der Waals surface area contributed by atoms with E-state index in [1.54, 1.807) is 19.1 Å². The number of hydrogen-bond donors (Lipinski definition) is 3. The molecule has 0 radical (unpaired) electrons. The third-order valence-corrected chi connectivity index (χ3v) is 4.47. The molecule has 140 valence electrons. The van der Waals surface area contributed by atoms with Gasteiger partial charge in [-0.2, -0.15) is 0 Å². The molecule has 1 aliphatic heterocycles. The molecular weight excluding hydrogens is 349 g/mol. The number of carbonyl (C=O) groups excluding carboxylic acids is 3. The van der Waals surface area contributed by atoms with Gasteiger partial charge in [-0.1, -0.05) is 24.3 Å². The van der Waals surface area contributed by atoms with Gasteiger partial charge in [0.1, 0.15) is 5.82 Å². The first-order chi connectivity index (χ1) is 13.0. The first-order valence-corrected chi connectivity index (χ1v) is 8.66. The Kier molecular flexibility index (Phi) is 5.49. The molecule has 0 aromatic heterocycles. The Labute approximate surface area is 156 Å². The fourth-order valence-electron chi connectivity index (χ4n) is 2.95. The van der Waals surface area contributed by atoms with Crippen molar-refractivity contribution in [3.63, 3.8) is 0 Å². The average Bonchev–Trinajstić information content (AvgIpc) is 2.96. The molecule has 7 heteroatoms. The molecule has 1 heterocycles. The lowest BCUT2D eigenvalue weighted by Gasteiger charge is -2.10. The molecule has 3 amide bonds. The summed E-state index contributed by atoms with van der Waals surface area (Å²) in [5.41, 5.74) is 2.24. The normalized spacial score (nSPS) is 15.0. The van der Waals surface area contributed by atoms with Gasteiger partial charge in [-0.05, 0) is 36.2 Å². The van der Waals surface area contributed by atoms with Crippen LogP contribution >= 0.6 is 0 Å². The molecule has 0 bridgehead atoms. The number of fused-ring (bicyclic) bond motifs is 1. The molecular formula is C20H20FN3O3. The Balaban J connectivity index is 1.44. The van der Waals surface area contributed by atoms with Crippen LogP contribution in [-0.2, 0) is 9.59 Å². The minimum Gasteiger partial charge on any atom is -0.354 e. The van der Waals surface area contributed by atoms with Crippen molar-refractivity contribution in [1.29, 1.82) is 0 Å². The molecule has 0 unspecified atom stereocenters. The second-order valence-electron chi connectivity index (χ2n) is 6.40. The number of hydrogen-bond acceptors (Lipinski definition) is 3. The summed E-state index contributed by atoms with van der Waals surface area (Å²) in [6.45, 7) is 2.04. The van der Waals surface area contributed by atoms with E-state index in [1.807, 2.05) is 18.2 Å². The molecule has 2 aromatic rings. The van der Waals surface area contributed by atoms with Crippen molar-refractivity contribution >= 4 is 23.4 Å². The van der Waals surface area contributed by atoms with Crippen LogP contribution in [0, 0.1) is 12.7 Å². The van der Waals surface area contributed by atoms with Gasteiger partial charge in [-0.15, -0.1) is 0 Å². The van der Waals surface area contributed by atoms with E-state index in [-0.39, 0.29) is 36.9 Å². The van der Waals surface area contributed by atoms with Crippen LogP contribution in [0.2, 0.25) is 0 Å². The van der Waals surface area contributed by atoms with Gasteiger partial charge in [0.15, 0.2) is 0 Å². The van der Waals surface area contributed by atoms with Crippen molar-refractivity contribution in [2.75, 3.05) is 18.4 Å². The van der Waals surface area contributed by atoms with Gasteiger partial charge in [0.2, 0.25) is 11.8 Å². The molecule has 0 aliphatic carbocycles. The number of benzene rings is 2. The second-order valence-corrected chi connectivity index (χ2v) is 6.40. The van der Waals surface area contributed by atoms with E-state index in [1.165, 1.54) is 12.1 Å². The topological polar surface area (TPSA) is 87.3 Å². The highest BCUT2D eigenvalue weighted by molar-refractivity contribution is 6.04. The average molecular weight is 369 g/mol. The monoisotopic (exact) mass is 369 g/mol. The number of anilines is 1. The van der Waals surface area contributed by atoms with Crippen LogP contribution in [0.3, 0.4) is 0 Å². The van der Waals surface area contributed by atoms with Crippen molar-refractivity contribution < 1.29 is 18.8 Å². The second kappa shape index (κ2) is 7.99. The van der Waals surface area contributed by atoms with Crippen LogP contribution in [0.15, 0.2) is 42.5 Å². The van der Waals surface area contributed by atoms with Crippen molar-refractivity contribution in [2.45, 2.75) is 19.3 Å². The minimum absolute atomic E-state index is 0.0416. The van der Waals surface area contributed by atoms with Crippen LogP contribution in [0.1, 0.15) is 33.8 Å². The summed E-state index contributed by atoms with van der Waals surface area (Å²) in [6, 6.07) is 11.5. The van der Waals surface area contributed by atoms with Gasteiger partial charge in [0.05, 0.1) is 5.92 Å². The number of rotatable bonds is 6. The highest BCUT2D eigenvalue weighted by atomic mass is 19.1. The first kappa shape index (κ1) is 18.6. The molecule has 1 aliphatic rings. The number of para-hydroxylation sites is 1. The summed E-state index contributed by atoms with van der Waals surface area (Å²) in [5, 5.41) is 8.06. The fourth-order valence-corrected chi connectivity index (χ4v) is 2.95.